The summed E-state index contributed by atoms with van der Waals surface area (Å²) in [5.41, 5.74) is 7.59. The van der Waals surface area contributed by atoms with Gasteiger partial charge in [0.25, 0.3) is 0 Å². The summed E-state index contributed by atoms with van der Waals surface area (Å²) in [5, 5.41) is 2.08. The summed E-state index contributed by atoms with van der Waals surface area (Å²) in [4.78, 5) is 1.78. The summed E-state index contributed by atoms with van der Waals surface area (Å²) in [5.74, 6) is 0. The third kappa shape index (κ3) is 3.91. The van der Waals surface area contributed by atoms with E-state index in [4.69, 9.17) is 22.7 Å². The number of hydrogen-bond acceptors (Lipinski definition) is 3. The summed E-state index contributed by atoms with van der Waals surface area (Å²) in [6.07, 6.45) is 0.965. The zero-order valence-electron chi connectivity index (χ0n) is 9.96. The molecule has 0 aliphatic rings. The van der Waals surface area contributed by atoms with Crippen LogP contribution in [0.1, 0.15) is 16.0 Å². The van der Waals surface area contributed by atoms with Gasteiger partial charge in [0, 0.05) is 16.9 Å². The number of nitrogens with two attached hydrogens (primary N) is 1. The number of hydrogen-bond donors (Lipinski definition) is 1. The lowest BCUT2D eigenvalue weighted by Gasteiger charge is -2.05. The van der Waals surface area contributed by atoms with Gasteiger partial charge >= 0.3 is 0 Å². The van der Waals surface area contributed by atoms with Crippen molar-refractivity contribution in [3.63, 3.8) is 0 Å². The van der Waals surface area contributed by atoms with Gasteiger partial charge in [-0.15, -0.1) is 11.3 Å². The monoisotopic (exact) mass is 277 g/mol. The van der Waals surface area contributed by atoms with Crippen LogP contribution in [0.15, 0.2) is 41.8 Å². The first-order valence-electron chi connectivity index (χ1n) is 5.74. The summed E-state index contributed by atoms with van der Waals surface area (Å²) < 4.78 is 5.65. The van der Waals surface area contributed by atoms with E-state index in [1.807, 2.05) is 24.3 Å². The molecule has 1 aromatic heterocycles. The molecule has 0 aliphatic carbocycles. The van der Waals surface area contributed by atoms with Crippen molar-refractivity contribution in [2.45, 2.75) is 13.0 Å². The quantitative estimate of drug-likeness (QED) is 0.651. The predicted octanol–water partition coefficient (Wildman–Crippen LogP) is 3.14. The highest BCUT2D eigenvalue weighted by atomic mass is 32.1. The Labute approximate surface area is 116 Å². The van der Waals surface area contributed by atoms with E-state index >= 15 is 0 Å². The number of ether oxygens (including phenoxy) is 1. The Morgan fingerprint density at radius 3 is 2.89 bits per heavy atom. The maximum atomic E-state index is 5.65. The topological polar surface area (TPSA) is 35.2 Å². The number of rotatable bonds is 6. The fourth-order valence-electron chi connectivity index (χ4n) is 1.63. The molecule has 0 saturated heterocycles. The van der Waals surface area contributed by atoms with Crippen molar-refractivity contribution in [3.05, 3.63) is 57.8 Å². The van der Waals surface area contributed by atoms with Crippen molar-refractivity contribution in [1.29, 1.82) is 0 Å². The molecule has 0 saturated carbocycles. The zero-order chi connectivity index (χ0) is 12.8. The first-order chi connectivity index (χ1) is 8.75. The predicted molar refractivity (Wildman–Crippen MR) is 80.0 cm³/mol. The van der Waals surface area contributed by atoms with E-state index in [0.717, 1.165) is 24.2 Å². The molecule has 1 aromatic carbocycles. The van der Waals surface area contributed by atoms with E-state index in [0.29, 0.717) is 11.6 Å². The van der Waals surface area contributed by atoms with Crippen LogP contribution in [0.3, 0.4) is 0 Å². The molecule has 18 heavy (non-hydrogen) atoms. The van der Waals surface area contributed by atoms with Crippen LogP contribution in [0.5, 0.6) is 0 Å². The lowest BCUT2D eigenvalue weighted by Crippen LogP contribution is -2.09. The van der Waals surface area contributed by atoms with Crippen LogP contribution in [0.25, 0.3) is 0 Å². The first kappa shape index (κ1) is 13.2. The highest BCUT2D eigenvalue weighted by Gasteiger charge is 1.99. The Morgan fingerprint density at radius 2 is 2.17 bits per heavy atom. The normalized spacial score (nSPS) is 10.4. The third-order valence-electron chi connectivity index (χ3n) is 2.55. The minimum atomic E-state index is 0.426. The van der Waals surface area contributed by atoms with E-state index < -0.39 is 0 Å². The first-order valence-corrected chi connectivity index (χ1v) is 7.03. The largest absolute Gasteiger partial charge is 0.389 e. The summed E-state index contributed by atoms with van der Waals surface area (Å²) in [6.45, 7) is 1.33. The van der Waals surface area contributed by atoms with Gasteiger partial charge in [0.1, 0.15) is 4.99 Å². The van der Waals surface area contributed by atoms with Gasteiger partial charge in [-0.2, -0.15) is 0 Å². The van der Waals surface area contributed by atoms with Crippen molar-refractivity contribution in [2.24, 2.45) is 5.73 Å². The lowest BCUT2D eigenvalue weighted by molar-refractivity contribution is 0.124. The number of thiocarbonyl (C=S) groups is 1. The van der Waals surface area contributed by atoms with Gasteiger partial charge in [-0.3, -0.25) is 0 Å². The summed E-state index contributed by atoms with van der Waals surface area (Å²) in [6, 6.07) is 12.1. The van der Waals surface area contributed by atoms with Crippen LogP contribution < -0.4 is 5.73 Å². The van der Waals surface area contributed by atoms with Crippen molar-refractivity contribution in [3.8, 4) is 0 Å². The Hall–Kier alpha value is -1.23. The summed E-state index contributed by atoms with van der Waals surface area (Å²) >= 11 is 6.71. The van der Waals surface area contributed by atoms with Crippen molar-refractivity contribution < 1.29 is 4.74 Å². The fourth-order valence-corrected chi connectivity index (χ4v) is 2.45. The molecule has 0 unspecified atom stereocenters. The Bertz CT molecular complexity index is 508. The standard InChI is InChI=1S/C14H15NOS2/c15-14(17)12-4-1-3-11(9-12)10-16-7-6-13-5-2-8-18-13/h1-5,8-9H,6-7,10H2,(H2,15,17). The van der Waals surface area contributed by atoms with E-state index in [-0.39, 0.29) is 0 Å². The van der Waals surface area contributed by atoms with Gasteiger partial charge in [0.15, 0.2) is 0 Å². The molecule has 0 atom stereocenters. The Balaban J connectivity index is 1.79. The average Bonchev–Trinajstić information content (AvgIpc) is 2.88. The smallest absolute Gasteiger partial charge is 0.103 e. The van der Waals surface area contributed by atoms with Gasteiger partial charge in [0.05, 0.1) is 13.2 Å². The molecule has 0 bridgehead atoms. The van der Waals surface area contributed by atoms with Crippen molar-refractivity contribution in [1.82, 2.24) is 0 Å². The molecule has 0 radical (unpaired) electrons. The van der Waals surface area contributed by atoms with Crippen LogP contribution >= 0.6 is 23.6 Å². The molecule has 2 aromatic rings. The Kier molecular flexibility index (Phi) is 4.87. The zero-order valence-corrected chi connectivity index (χ0v) is 11.6. The number of thiophene rings is 1. The molecule has 1 heterocycles. The molecular formula is C14H15NOS2. The van der Waals surface area contributed by atoms with Crippen LogP contribution in [0.4, 0.5) is 0 Å². The van der Waals surface area contributed by atoms with Gasteiger partial charge < -0.3 is 10.5 Å². The van der Waals surface area contributed by atoms with Crippen LogP contribution in [0, 0.1) is 0 Å². The van der Waals surface area contributed by atoms with E-state index in [1.54, 1.807) is 11.3 Å². The van der Waals surface area contributed by atoms with Gasteiger partial charge in [-0.05, 0) is 23.1 Å². The fraction of sp³-hybridized carbons (Fsp3) is 0.214. The van der Waals surface area contributed by atoms with Crippen LogP contribution in [-0.4, -0.2) is 11.6 Å². The molecule has 94 valence electrons. The molecule has 2 nitrogen and oxygen atoms in total. The van der Waals surface area contributed by atoms with Gasteiger partial charge in [0.2, 0.25) is 0 Å². The average molecular weight is 277 g/mol. The van der Waals surface area contributed by atoms with Crippen molar-refractivity contribution in [2.75, 3.05) is 6.61 Å². The SMILES string of the molecule is NC(=S)c1cccc(COCCc2cccs2)c1. The second-order valence-electron chi connectivity index (χ2n) is 3.95. The molecule has 4 heteroatoms. The van der Waals surface area contributed by atoms with E-state index in [1.165, 1.54) is 4.88 Å². The minimum Gasteiger partial charge on any atom is -0.389 e. The maximum Gasteiger partial charge on any atom is 0.103 e. The highest BCUT2D eigenvalue weighted by Crippen LogP contribution is 2.10. The molecule has 0 spiro atoms. The van der Waals surface area contributed by atoms with Crippen molar-refractivity contribution >= 4 is 28.5 Å². The lowest BCUT2D eigenvalue weighted by atomic mass is 10.1. The second-order valence-corrected chi connectivity index (χ2v) is 5.42. The molecule has 0 amide bonds. The highest BCUT2D eigenvalue weighted by molar-refractivity contribution is 7.80. The molecule has 2 rings (SSSR count). The Morgan fingerprint density at radius 1 is 1.28 bits per heavy atom. The van der Waals surface area contributed by atoms with Crippen LogP contribution in [-0.2, 0) is 17.8 Å². The number of benzene rings is 1. The molecule has 0 aliphatic heterocycles. The second kappa shape index (κ2) is 6.64. The van der Waals surface area contributed by atoms with E-state index in [2.05, 4.69) is 17.5 Å². The molecular weight excluding hydrogens is 262 g/mol. The third-order valence-corrected chi connectivity index (χ3v) is 3.73. The maximum absolute atomic E-state index is 5.65. The molecule has 0 fully saturated rings. The van der Waals surface area contributed by atoms with Gasteiger partial charge in [-0.25, -0.2) is 0 Å². The van der Waals surface area contributed by atoms with Crippen LogP contribution in [0.2, 0.25) is 0 Å². The summed E-state index contributed by atoms with van der Waals surface area (Å²) in [7, 11) is 0. The van der Waals surface area contributed by atoms with E-state index in [9.17, 15) is 0 Å². The van der Waals surface area contributed by atoms with Gasteiger partial charge in [-0.1, -0.05) is 36.5 Å². The minimum absolute atomic E-state index is 0.426. The molecule has 2 N–H and O–H groups in total.